The number of nitrogens with one attached hydrogen (secondary N) is 1. The zero-order chi connectivity index (χ0) is 17.9. The summed E-state index contributed by atoms with van der Waals surface area (Å²) in [6.45, 7) is 1.66. The largest absolute Gasteiger partial charge is 0.497 e. The van der Waals surface area contributed by atoms with Crippen molar-refractivity contribution in [1.82, 2.24) is 0 Å². The maximum absolute atomic E-state index is 5.94. The van der Waals surface area contributed by atoms with Crippen LogP contribution in [-0.4, -0.2) is 33.3 Å². The van der Waals surface area contributed by atoms with Gasteiger partial charge in [0.25, 0.3) is 0 Å². The molecule has 0 aliphatic carbocycles. The van der Waals surface area contributed by atoms with E-state index in [0.717, 1.165) is 29.2 Å². The van der Waals surface area contributed by atoms with Gasteiger partial charge in [-0.15, -0.1) is 0 Å². The molecule has 0 atom stereocenters. The first-order chi connectivity index (χ1) is 12.2. The Labute approximate surface area is 148 Å². The summed E-state index contributed by atoms with van der Waals surface area (Å²) in [5.74, 6) is 1.94. The number of nitrogens with zero attached hydrogens (tertiary/aromatic N) is 1. The maximum Gasteiger partial charge on any atom is 0.193 e. The first-order valence-corrected chi connectivity index (χ1v) is 8.13. The van der Waals surface area contributed by atoms with Crippen molar-refractivity contribution in [2.75, 3.05) is 32.7 Å². The van der Waals surface area contributed by atoms with Gasteiger partial charge in [0.05, 0.1) is 20.3 Å². The van der Waals surface area contributed by atoms with Gasteiger partial charge in [-0.3, -0.25) is 4.99 Å². The van der Waals surface area contributed by atoms with E-state index in [1.807, 2.05) is 48.5 Å². The molecule has 3 N–H and O–H groups in total. The lowest BCUT2D eigenvalue weighted by Crippen LogP contribution is -2.23. The molecule has 0 saturated carbocycles. The third-order valence-electron chi connectivity index (χ3n) is 3.47. The van der Waals surface area contributed by atoms with Crippen molar-refractivity contribution < 1.29 is 14.2 Å². The molecule has 134 valence electrons. The Balaban J connectivity index is 1.76. The first-order valence-electron chi connectivity index (χ1n) is 8.13. The molecule has 0 radical (unpaired) electrons. The molecule has 0 bridgehead atoms. The molecular formula is C19H25N3O3. The minimum Gasteiger partial charge on any atom is -0.497 e. The van der Waals surface area contributed by atoms with Crippen molar-refractivity contribution in [1.29, 1.82) is 0 Å². The van der Waals surface area contributed by atoms with E-state index in [4.69, 9.17) is 19.9 Å². The van der Waals surface area contributed by atoms with E-state index in [1.54, 1.807) is 14.2 Å². The van der Waals surface area contributed by atoms with Crippen LogP contribution in [0.15, 0.2) is 53.5 Å². The lowest BCUT2D eigenvalue weighted by molar-refractivity contribution is 0.185. The summed E-state index contributed by atoms with van der Waals surface area (Å²) in [6.07, 6.45) is 0.763. The Morgan fingerprint density at radius 3 is 2.68 bits per heavy atom. The zero-order valence-corrected chi connectivity index (χ0v) is 14.7. The molecule has 0 amide bonds. The van der Waals surface area contributed by atoms with Gasteiger partial charge in [-0.05, 0) is 18.2 Å². The van der Waals surface area contributed by atoms with Crippen molar-refractivity contribution in [3.05, 3.63) is 54.1 Å². The average Bonchev–Trinajstić information content (AvgIpc) is 2.63. The summed E-state index contributed by atoms with van der Waals surface area (Å²) in [5.41, 5.74) is 7.88. The van der Waals surface area contributed by atoms with E-state index in [-0.39, 0.29) is 0 Å². The summed E-state index contributed by atoms with van der Waals surface area (Å²) >= 11 is 0. The van der Waals surface area contributed by atoms with E-state index in [2.05, 4.69) is 10.3 Å². The number of methoxy groups -OCH3 is 2. The molecule has 0 fully saturated rings. The molecule has 0 aliphatic heterocycles. The van der Waals surface area contributed by atoms with Gasteiger partial charge in [0, 0.05) is 37.4 Å². The van der Waals surface area contributed by atoms with Gasteiger partial charge in [-0.25, -0.2) is 0 Å². The molecular weight excluding hydrogens is 318 g/mol. The number of rotatable bonds is 9. The van der Waals surface area contributed by atoms with Gasteiger partial charge in [-0.1, -0.05) is 24.3 Å². The summed E-state index contributed by atoms with van der Waals surface area (Å²) in [5, 5.41) is 3.11. The SMILES string of the molecule is COCc1ccccc1NC(N)=NCCCOc1cccc(OC)c1. The minimum absolute atomic E-state index is 0.380. The summed E-state index contributed by atoms with van der Waals surface area (Å²) in [7, 11) is 3.30. The Bertz CT molecular complexity index is 689. The van der Waals surface area contributed by atoms with Gasteiger partial charge in [-0.2, -0.15) is 0 Å². The maximum atomic E-state index is 5.94. The van der Waals surface area contributed by atoms with Gasteiger partial charge in [0.15, 0.2) is 5.96 Å². The number of nitrogens with two attached hydrogens (primary N) is 1. The molecule has 0 aromatic heterocycles. The van der Waals surface area contributed by atoms with Crippen LogP contribution in [0.3, 0.4) is 0 Å². The van der Waals surface area contributed by atoms with E-state index < -0.39 is 0 Å². The standard InChI is InChI=1S/C19H25N3O3/c1-23-14-15-7-3-4-10-18(15)22-19(20)21-11-6-12-25-17-9-5-8-16(13-17)24-2/h3-5,7-10,13H,6,11-12,14H2,1-2H3,(H3,20,21,22). The quantitative estimate of drug-likeness (QED) is 0.416. The normalized spacial score (nSPS) is 11.2. The Morgan fingerprint density at radius 1 is 1.08 bits per heavy atom. The number of guanidine groups is 1. The second-order valence-corrected chi connectivity index (χ2v) is 5.36. The van der Waals surface area contributed by atoms with Crippen molar-refractivity contribution in [2.45, 2.75) is 13.0 Å². The summed E-state index contributed by atoms with van der Waals surface area (Å²) in [4.78, 5) is 4.32. The topological polar surface area (TPSA) is 78.1 Å². The van der Waals surface area contributed by atoms with Crippen molar-refractivity contribution in [3.63, 3.8) is 0 Å². The van der Waals surface area contributed by atoms with Gasteiger partial charge in [0.2, 0.25) is 0 Å². The predicted octanol–water partition coefficient (Wildman–Crippen LogP) is 3.04. The third kappa shape index (κ3) is 6.35. The molecule has 25 heavy (non-hydrogen) atoms. The van der Waals surface area contributed by atoms with E-state index in [1.165, 1.54) is 0 Å². The van der Waals surface area contributed by atoms with E-state index >= 15 is 0 Å². The highest BCUT2D eigenvalue weighted by Gasteiger charge is 2.02. The van der Waals surface area contributed by atoms with Crippen LogP contribution < -0.4 is 20.5 Å². The van der Waals surface area contributed by atoms with Gasteiger partial charge >= 0.3 is 0 Å². The average molecular weight is 343 g/mol. The molecule has 0 saturated heterocycles. The Kier molecular flexibility index (Phi) is 7.59. The number of benzene rings is 2. The van der Waals surface area contributed by atoms with Crippen LogP contribution >= 0.6 is 0 Å². The number of anilines is 1. The highest BCUT2D eigenvalue weighted by molar-refractivity contribution is 5.92. The van der Waals surface area contributed by atoms with Crippen LogP contribution in [0.4, 0.5) is 5.69 Å². The van der Waals surface area contributed by atoms with Crippen LogP contribution in [0.1, 0.15) is 12.0 Å². The Morgan fingerprint density at radius 2 is 1.88 bits per heavy atom. The lowest BCUT2D eigenvalue weighted by atomic mass is 10.2. The van der Waals surface area contributed by atoms with Gasteiger partial charge in [0.1, 0.15) is 11.5 Å². The summed E-state index contributed by atoms with van der Waals surface area (Å²) in [6, 6.07) is 15.4. The molecule has 0 heterocycles. The number of hydrogen-bond donors (Lipinski definition) is 2. The van der Waals surface area contributed by atoms with Crippen LogP contribution in [-0.2, 0) is 11.3 Å². The van der Waals surface area contributed by atoms with Crippen molar-refractivity contribution in [3.8, 4) is 11.5 Å². The fourth-order valence-electron chi connectivity index (χ4n) is 2.25. The molecule has 0 aliphatic rings. The number of para-hydroxylation sites is 1. The lowest BCUT2D eigenvalue weighted by Gasteiger charge is -2.11. The van der Waals surface area contributed by atoms with Crippen molar-refractivity contribution in [2.24, 2.45) is 10.7 Å². The van der Waals surface area contributed by atoms with E-state index in [9.17, 15) is 0 Å². The summed E-state index contributed by atoms with van der Waals surface area (Å²) < 4.78 is 16.0. The first kappa shape index (κ1) is 18.6. The highest BCUT2D eigenvalue weighted by atomic mass is 16.5. The molecule has 0 spiro atoms. The zero-order valence-electron chi connectivity index (χ0n) is 14.7. The second kappa shape index (κ2) is 10.2. The number of hydrogen-bond acceptors (Lipinski definition) is 4. The fraction of sp³-hybridized carbons (Fsp3) is 0.316. The van der Waals surface area contributed by atoms with Gasteiger partial charge < -0.3 is 25.3 Å². The molecule has 6 nitrogen and oxygen atoms in total. The van der Waals surface area contributed by atoms with Crippen LogP contribution in [0.5, 0.6) is 11.5 Å². The van der Waals surface area contributed by atoms with E-state index in [0.29, 0.717) is 25.7 Å². The minimum atomic E-state index is 0.380. The molecule has 2 aromatic rings. The number of aliphatic imine (C=N–C) groups is 1. The molecule has 2 aromatic carbocycles. The molecule has 6 heteroatoms. The fourth-order valence-corrected chi connectivity index (χ4v) is 2.25. The number of ether oxygens (including phenoxy) is 3. The smallest absolute Gasteiger partial charge is 0.193 e. The monoisotopic (exact) mass is 343 g/mol. The Hall–Kier alpha value is -2.73. The third-order valence-corrected chi connectivity index (χ3v) is 3.47. The second-order valence-electron chi connectivity index (χ2n) is 5.36. The van der Waals surface area contributed by atoms with Crippen LogP contribution in [0.2, 0.25) is 0 Å². The van der Waals surface area contributed by atoms with Crippen LogP contribution in [0, 0.1) is 0 Å². The molecule has 2 rings (SSSR count). The van der Waals surface area contributed by atoms with Crippen LogP contribution in [0.25, 0.3) is 0 Å². The molecule has 0 unspecified atom stereocenters. The highest BCUT2D eigenvalue weighted by Crippen LogP contribution is 2.19. The predicted molar refractivity (Wildman–Crippen MR) is 100 cm³/mol. The van der Waals surface area contributed by atoms with Crippen molar-refractivity contribution >= 4 is 11.6 Å².